The molecule has 1 aromatic carbocycles. The van der Waals surface area contributed by atoms with Crippen LogP contribution in [-0.4, -0.2) is 25.5 Å². The Morgan fingerprint density at radius 2 is 2.00 bits per heavy atom. The van der Waals surface area contributed by atoms with Gasteiger partial charge in [0.15, 0.2) is 0 Å². The number of carbonyl (C=O) groups is 1. The van der Waals surface area contributed by atoms with Crippen molar-refractivity contribution in [3.8, 4) is 0 Å². The number of amides is 1. The number of halogens is 2. The van der Waals surface area contributed by atoms with Crippen LogP contribution in [0.4, 0.5) is 0 Å². The molecule has 0 radical (unpaired) electrons. The summed E-state index contributed by atoms with van der Waals surface area (Å²) in [5, 5.41) is 6.53. The Morgan fingerprint density at radius 3 is 2.55 bits per heavy atom. The fraction of sp³-hybridized carbons (Fsp3) is 0.588. The third-order valence-corrected chi connectivity index (χ3v) is 5.56. The van der Waals surface area contributed by atoms with Gasteiger partial charge in [0.1, 0.15) is 0 Å². The fourth-order valence-electron chi connectivity index (χ4n) is 3.45. The van der Waals surface area contributed by atoms with Gasteiger partial charge in [0.25, 0.3) is 0 Å². The van der Waals surface area contributed by atoms with Gasteiger partial charge in [0, 0.05) is 23.0 Å². The summed E-state index contributed by atoms with van der Waals surface area (Å²) >= 11 is 3.49. The lowest BCUT2D eigenvalue weighted by Crippen LogP contribution is -2.48. The lowest BCUT2D eigenvalue weighted by Gasteiger charge is -2.43. The van der Waals surface area contributed by atoms with Crippen LogP contribution in [0, 0.1) is 5.92 Å². The number of piperidine rings is 1. The van der Waals surface area contributed by atoms with Gasteiger partial charge in [-0.2, -0.15) is 0 Å². The highest BCUT2D eigenvalue weighted by Crippen LogP contribution is 2.43. The summed E-state index contributed by atoms with van der Waals surface area (Å²) in [7, 11) is 0. The van der Waals surface area contributed by atoms with Gasteiger partial charge in [-0.1, -0.05) is 34.5 Å². The van der Waals surface area contributed by atoms with Gasteiger partial charge in [-0.3, -0.25) is 4.79 Å². The Labute approximate surface area is 147 Å². The maximum atomic E-state index is 12.3. The van der Waals surface area contributed by atoms with Gasteiger partial charge < -0.3 is 10.6 Å². The average Bonchev–Trinajstić information content (AvgIpc) is 2.48. The van der Waals surface area contributed by atoms with E-state index < -0.39 is 0 Å². The van der Waals surface area contributed by atoms with Crippen LogP contribution in [0.1, 0.15) is 37.7 Å². The van der Waals surface area contributed by atoms with E-state index >= 15 is 0 Å². The van der Waals surface area contributed by atoms with E-state index in [2.05, 4.69) is 50.8 Å². The predicted octanol–water partition coefficient (Wildman–Crippen LogP) is 3.41. The molecule has 1 atom stereocenters. The number of benzene rings is 1. The number of hydrogen-bond acceptors (Lipinski definition) is 2. The second kappa shape index (κ2) is 7.80. The average molecular weight is 388 g/mol. The molecule has 5 heteroatoms. The van der Waals surface area contributed by atoms with Crippen LogP contribution < -0.4 is 10.6 Å². The highest BCUT2D eigenvalue weighted by molar-refractivity contribution is 9.10. The second-order valence-electron chi connectivity index (χ2n) is 6.40. The van der Waals surface area contributed by atoms with Gasteiger partial charge in [0.2, 0.25) is 5.91 Å². The Morgan fingerprint density at radius 1 is 1.27 bits per heavy atom. The molecule has 0 bridgehead atoms. The molecule has 1 saturated carbocycles. The summed E-state index contributed by atoms with van der Waals surface area (Å²) in [6.07, 6.45) is 5.74. The number of nitrogens with one attached hydrogen (secondary N) is 2. The quantitative estimate of drug-likeness (QED) is 0.831. The monoisotopic (exact) mass is 386 g/mol. The molecule has 1 saturated heterocycles. The molecular weight excluding hydrogens is 364 g/mol. The van der Waals surface area contributed by atoms with Crippen LogP contribution in [0.3, 0.4) is 0 Å². The van der Waals surface area contributed by atoms with Crippen LogP contribution in [0.15, 0.2) is 28.7 Å². The largest absolute Gasteiger partial charge is 0.355 e. The lowest BCUT2D eigenvalue weighted by atomic mass is 9.64. The summed E-state index contributed by atoms with van der Waals surface area (Å²) in [5.41, 5.74) is 1.53. The molecule has 3 nitrogen and oxygen atoms in total. The van der Waals surface area contributed by atoms with Gasteiger partial charge in [-0.05, 0) is 49.9 Å². The topological polar surface area (TPSA) is 41.1 Å². The minimum atomic E-state index is 0. The van der Waals surface area contributed by atoms with E-state index in [1.807, 2.05) is 0 Å². The first-order valence-electron chi connectivity index (χ1n) is 7.94. The highest BCUT2D eigenvalue weighted by Gasteiger charge is 2.39. The minimum Gasteiger partial charge on any atom is -0.355 e. The van der Waals surface area contributed by atoms with Crippen molar-refractivity contribution in [2.45, 2.75) is 37.5 Å². The van der Waals surface area contributed by atoms with Crippen molar-refractivity contribution in [1.82, 2.24) is 10.6 Å². The third-order valence-electron chi connectivity index (χ3n) is 5.04. The summed E-state index contributed by atoms with van der Waals surface area (Å²) in [6, 6.07) is 8.58. The maximum absolute atomic E-state index is 12.3. The molecule has 0 spiro atoms. The molecule has 3 rings (SSSR count). The van der Waals surface area contributed by atoms with E-state index in [9.17, 15) is 4.79 Å². The molecule has 1 heterocycles. The molecular formula is C17H24BrClN2O. The van der Waals surface area contributed by atoms with Crippen LogP contribution in [0.5, 0.6) is 0 Å². The van der Waals surface area contributed by atoms with Crippen molar-refractivity contribution in [2.75, 3.05) is 19.6 Å². The smallest absolute Gasteiger partial charge is 0.224 e. The van der Waals surface area contributed by atoms with Crippen molar-refractivity contribution in [3.63, 3.8) is 0 Å². The molecule has 2 fully saturated rings. The SMILES string of the molecule is Cl.O=C(NCC1(c2ccc(Br)cc2)CCC1)C1CCCNC1. The summed E-state index contributed by atoms with van der Waals surface area (Å²) in [5.74, 6) is 0.381. The van der Waals surface area contributed by atoms with Crippen LogP contribution in [-0.2, 0) is 10.2 Å². The van der Waals surface area contributed by atoms with Crippen LogP contribution in [0.25, 0.3) is 0 Å². The van der Waals surface area contributed by atoms with E-state index in [0.717, 1.165) is 36.9 Å². The Balaban J connectivity index is 0.00000176. The van der Waals surface area contributed by atoms with Crippen molar-refractivity contribution < 1.29 is 4.79 Å². The van der Waals surface area contributed by atoms with Crippen LogP contribution >= 0.6 is 28.3 Å². The zero-order valence-electron chi connectivity index (χ0n) is 12.7. The maximum Gasteiger partial charge on any atom is 0.224 e. The van der Waals surface area contributed by atoms with Crippen LogP contribution in [0.2, 0.25) is 0 Å². The zero-order chi connectivity index (χ0) is 14.7. The lowest BCUT2D eigenvalue weighted by molar-refractivity contribution is -0.125. The van der Waals surface area contributed by atoms with Crippen molar-refractivity contribution in [3.05, 3.63) is 34.3 Å². The molecule has 2 N–H and O–H groups in total. The highest BCUT2D eigenvalue weighted by atomic mass is 79.9. The standard InChI is InChI=1S/C17H23BrN2O.ClH/c18-15-6-4-14(5-7-15)17(8-2-9-17)12-20-16(21)13-3-1-10-19-11-13;/h4-7,13,19H,1-3,8-12H2,(H,20,21);1H. The van der Waals surface area contributed by atoms with E-state index in [-0.39, 0.29) is 29.6 Å². The van der Waals surface area contributed by atoms with Gasteiger partial charge >= 0.3 is 0 Å². The minimum absolute atomic E-state index is 0. The van der Waals surface area contributed by atoms with E-state index in [1.54, 1.807) is 0 Å². The summed E-state index contributed by atoms with van der Waals surface area (Å²) in [4.78, 5) is 12.3. The molecule has 1 unspecified atom stereocenters. The van der Waals surface area contributed by atoms with Gasteiger partial charge in [-0.15, -0.1) is 12.4 Å². The number of rotatable bonds is 4. The summed E-state index contributed by atoms with van der Waals surface area (Å²) in [6.45, 7) is 2.66. The van der Waals surface area contributed by atoms with Gasteiger partial charge in [0.05, 0.1) is 5.92 Å². The third kappa shape index (κ3) is 3.84. The van der Waals surface area contributed by atoms with Crippen molar-refractivity contribution in [1.29, 1.82) is 0 Å². The summed E-state index contributed by atoms with van der Waals surface area (Å²) < 4.78 is 1.11. The zero-order valence-corrected chi connectivity index (χ0v) is 15.1. The molecule has 2 aliphatic rings. The Hall–Kier alpha value is -0.580. The molecule has 1 aliphatic heterocycles. The number of hydrogen-bond donors (Lipinski definition) is 2. The molecule has 1 aromatic rings. The Bertz CT molecular complexity index is 496. The number of carbonyl (C=O) groups excluding carboxylic acids is 1. The van der Waals surface area contributed by atoms with E-state index in [0.29, 0.717) is 0 Å². The molecule has 22 heavy (non-hydrogen) atoms. The molecule has 1 amide bonds. The predicted molar refractivity (Wildman–Crippen MR) is 95.5 cm³/mol. The van der Waals surface area contributed by atoms with Crippen molar-refractivity contribution in [2.24, 2.45) is 5.92 Å². The normalized spacial score (nSPS) is 23.0. The first kappa shape index (κ1) is 17.8. The van der Waals surface area contributed by atoms with E-state index in [1.165, 1.54) is 24.8 Å². The molecule has 0 aromatic heterocycles. The first-order valence-corrected chi connectivity index (χ1v) is 8.73. The molecule has 122 valence electrons. The molecule has 1 aliphatic carbocycles. The van der Waals surface area contributed by atoms with Crippen molar-refractivity contribution >= 4 is 34.2 Å². The fourth-order valence-corrected chi connectivity index (χ4v) is 3.72. The Kier molecular flexibility index (Phi) is 6.30. The first-order chi connectivity index (χ1) is 10.2. The van der Waals surface area contributed by atoms with E-state index in [4.69, 9.17) is 0 Å². The second-order valence-corrected chi connectivity index (χ2v) is 7.32. The van der Waals surface area contributed by atoms with Gasteiger partial charge in [-0.25, -0.2) is 0 Å².